The van der Waals surface area contributed by atoms with Crippen LogP contribution in [0.5, 0.6) is 0 Å². The van der Waals surface area contributed by atoms with Crippen LogP contribution in [-0.2, 0) is 0 Å². The minimum Gasteiger partial charge on any atom is -0.0875 e. The molecule has 2 heteroatoms. The summed E-state index contributed by atoms with van der Waals surface area (Å²) in [6.07, 6.45) is 5.63. The molecule has 0 heterocycles. The van der Waals surface area contributed by atoms with E-state index in [9.17, 15) is 0 Å². The van der Waals surface area contributed by atoms with Gasteiger partial charge in [0.15, 0.2) is 0 Å². The second kappa shape index (κ2) is 1.97. The molecule has 2 saturated carbocycles. The number of rotatable bonds is 0. The smallest absolute Gasteiger partial charge is 0.0385 e. The van der Waals surface area contributed by atoms with Crippen molar-refractivity contribution in [2.45, 2.75) is 34.8 Å². The van der Waals surface area contributed by atoms with Crippen molar-refractivity contribution in [2.75, 3.05) is 0 Å². The third kappa shape index (κ3) is 0.900. The number of halogens is 2. The molecular weight excluding hydrogens is 244 g/mol. The third-order valence-electron chi connectivity index (χ3n) is 2.70. The van der Waals surface area contributed by atoms with Crippen molar-refractivity contribution in [1.29, 1.82) is 0 Å². The summed E-state index contributed by atoms with van der Waals surface area (Å²) in [7, 11) is 0. The second-order valence-corrected chi connectivity index (χ2v) is 6.03. The number of hydrogen-bond acceptors (Lipinski definition) is 0. The number of fused-ring (bicyclic) bond motifs is 2. The van der Waals surface area contributed by atoms with Crippen LogP contribution in [0.25, 0.3) is 0 Å². The van der Waals surface area contributed by atoms with E-state index in [0.717, 1.165) is 10.7 Å². The van der Waals surface area contributed by atoms with Gasteiger partial charge in [-0.3, -0.25) is 0 Å². The van der Waals surface area contributed by atoms with E-state index in [4.69, 9.17) is 0 Å². The van der Waals surface area contributed by atoms with Gasteiger partial charge in [-0.05, 0) is 31.6 Å². The van der Waals surface area contributed by atoms with Crippen LogP contribution >= 0.6 is 31.9 Å². The van der Waals surface area contributed by atoms with Crippen LogP contribution in [0.3, 0.4) is 0 Å². The van der Waals surface area contributed by atoms with Crippen molar-refractivity contribution in [2.24, 2.45) is 5.92 Å². The van der Waals surface area contributed by atoms with Crippen LogP contribution in [0, 0.1) is 5.92 Å². The van der Waals surface area contributed by atoms with E-state index < -0.39 is 0 Å². The quantitative estimate of drug-likeness (QED) is 0.582. The largest absolute Gasteiger partial charge is 0.0875 e. The van der Waals surface area contributed by atoms with E-state index >= 15 is 0 Å². The van der Waals surface area contributed by atoms with Gasteiger partial charge in [0, 0.05) is 9.15 Å². The van der Waals surface area contributed by atoms with Crippen molar-refractivity contribution in [3.63, 3.8) is 0 Å². The van der Waals surface area contributed by atoms with Gasteiger partial charge < -0.3 is 0 Å². The molecule has 0 radical (unpaired) electrons. The third-order valence-corrected chi connectivity index (χ3v) is 5.84. The van der Waals surface area contributed by atoms with E-state index in [2.05, 4.69) is 31.9 Å². The lowest BCUT2D eigenvalue weighted by molar-refractivity contribution is 0.517. The minimum absolute atomic E-state index is 0.498. The molecule has 3 unspecified atom stereocenters. The molecule has 0 spiro atoms. The van der Waals surface area contributed by atoms with Crippen molar-refractivity contribution in [1.82, 2.24) is 0 Å². The van der Waals surface area contributed by atoms with Crippen LogP contribution in [-0.4, -0.2) is 9.15 Å². The summed E-state index contributed by atoms with van der Waals surface area (Å²) in [5.41, 5.74) is 0. The fraction of sp³-hybridized carbons (Fsp3) is 1.00. The standard InChI is InChI=1S/C7H10Br2/c8-6-3-5-1-2-7(6,9)4-5/h5-6H,1-4H2. The van der Waals surface area contributed by atoms with Gasteiger partial charge in [0.05, 0.1) is 0 Å². The molecule has 2 aliphatic rings. The Morgan fingerprint density at radius 3 is 2.44 bits per heavy atom. The Kier molecular flexibility index (Phi) is 1.46. The van der Waals surface area contributed by atoms with Gasteiger partial charge in [0.2, 0.25) is 0 Å². The summed E-state index contributed by atoms with van der Waals surface area (Å²) in [4.78, 5) is 0.753. The predicted molar refractivity (Wildman–Crippen MR) is 46.3 cm³/mol. The van der Waals surface area contributed by atoms with E-state index in [1.54, 1.807) is 0 Å². The summed E-state index contributed by atoms with van der Waals surface area (Å²) in [6.45, 7) is 0. The predicted octanol–water partition coefficient (Wildman–Crippen LogP) is 3.09. The fourth-order valence-electron chi connectivity index (χ4n) is 2.12. The van der Waals surface area contributed by atoms with Crippen LogP contribution in [0.2, 0.25) is 0 Å². The van der Waals surface area contributed by atoms with Gasteiger partial charge in [0.25, 0.3) is 0 Å². The Morgan fingerprint density at radius 2 is 2.22 bits per heavy atom. The Morgan fingerprint density at radius 1 is 1.44 bits per heavy atom. The lowest BCUT2D eigenvalue weighted by atomic mass is 10.0. The van der Waals surface area contributed by atoms with Crippen LogP contribution < -0.4 is 0 Å². The fourth-order valence-corrected chi connectivity index (χ4v) is 3.94. The van der Waals surface area contributed by atoms with Crippen molar-refractivity contribution >= 4 is 31.9 Å². The maximum atomic E-state index is 3.80. The first-order chi connectivity index (χ1) is 4.21. The van der Waals surface area contributed by atoms with Crippen molar-refractivity contribution in [3.05, 3.63) is 0 Å². The molecule has 2 rings (SSSR count). The van der Waals surface area contributed by atoms with E-state index in [1.165, 1.54) is 25.7 Å². The monoisotopic (exact) mass is 252 g/mol. The zero-order valence-electron chi connectivity index (χ0n) is 5.24. The summed E-state index contributed by atoms with van der Waals surface area (Å²) in [5.74, 6) is 1.02. The molecule has 0 aromatic carbocycles. The summed E-state index contributed by atoms with van der Waals surface area (Å²) >= 11 is 7.51. The molecule has 0 saturated heterocycles. The minimum atomic E-state index is 0.498. The van der Waals surface area contributed by atoms with Gasteiger partial charge >= 0.3 is 0 Å². The first kappa shape index (κ1) is 6.66. The molecule has 52 valence electrons. The first-order valence-corrected chi connectivity index (χ1v) is 5.24. The molecule has 3 atom stereocenters. The average molecular weight is 254 g/mol. The van der Waals surface area contributed by atoms with Gasteiger partial charge in [-0.15, -0.1) is 0 Å². The summed E-state index contributed by atoms with van der Waals surface area (Å²) in [5, 5.41) is 0. The van der Waals surface area contributed by atoms with Crippen LogP contribution in [0.1, 0.15) is 25.7 Å². The molecule has 0 aromatic rings. The van der Waals surface area contributed by atoms with E-state index in [1.807, 2.05) is 0 Å². The zero-order chi connectivity index (χ0) is 6.48. The van der Waals surface area contributed by atoms with Gasteiger partial charge in [-0.25, -0.2) is 0 Å². The molecule has 0 nitrogen and oxygen atoms in total. The highest BCUT2D eigenvalue weighted by Gasteiger charge is 2.49. The van der Waals surface area contributed by atoms with Gasteiger partial charge in [0.1, 0.15) is 0 Å². The molecular formula is C7H10Br2. The van der Waals surface area contributed by atoms with E-state index in [-0.39, 0.29) is 0 Å². The van der Waals surface area contributed by atoms with Crippen molar-refractivity contribution < 1.29 is 0 Å². The highest BCUT2D eigenvalue weighted by atomic mass is 79.9. The Bertz CT molecular complexity index is 135. The number of alkyl halides is 2. The highest BCUT2D eigenvalue weighted by molar-refractivity contribution is 9.12. The lowest BCUT2D eigenvalue weighted by Gasteiger charge is -2.23. The molecule has 0 amide bonds. The first-order valence-electron chi connectivity index (χ1n) is 3.54. The SMILES string of the molecule is BrC1CC2CCC1(Br)C2. The molecule has 2 aliphatic carbocycles. The number of hydrogen-bond donors (Lipinski definition) is 0. The summed E-state index contributed by atoms with van der Waals surface area (Å²) < 4.78 is 0.498. The Labute approximate surface area is 72.7 Å². The van der Waals surface area contributed by atoms with Gasteiger partial charge in [-0.2, -0.15) is 0 Å². The molecule has 9 heavy (non-hydrogen) atoms. The lowest BCUT2D eigenvalue weighted by Crippen LogP contribution is -2.24. The van der Waals surface area contributed by atoms with Crippen LogP contribution in [0.15, 0.2) is 0 Å². The normalized spacial score (nSPS) is 56.7. The Balaban J connectivity index is 2.22. The van der Waals surface area contributed by atoms with Crippen molar-refractivity contribution in [3.8, 4) is 0 Å². The summed E-state index contributed by atoms with van der Waals surface area (Å²) in [6, 6.07) is 0. The molecule has 0 N–H and O–H groups in total. The topological polar surface area (TPSA) is 0 Å². The average Bonchev–Trinajstić information content (AvgIpc) is 2.22. The second-order valence-electron chi connectivity index (χ2n) is 3.35. The van der Waals surface area contributed by atoms with Crippen LogP contribution in [0.4, 0.5) is 0 Å². The Hall–Kier alpha value is 0.960. The van der Waals surface area contributed by atoms with E-state index in [0.29, 0.717) is 4.32 Å². The maximum Gasteiger partial charge on any atom is 0.0385 e. The molecule has 2 fully saturated rings. The highest BCUT2D eigenvalue weighted by Crippen LogP contribution is 2.55. The maximum absolute atomic E-state index is 3.80. The zero-order valence-corrected chi connectivity index (χ0v) is 8.41. The molecule has 0 aliphatic heterocycles. The molecule has 0 aromatic heterocycles. The van der Waals surface area contributed by atoms with Gasteiger partial charge in [-0.1, -0.05) is 31.9 Å². The molecule has 2 bridgehead atoms.